The lowest BCUT2D eigenvalue weighted by Gasteiger charge is -2.22. The molecule has 0 aliphatic rings. The van der Waals surface area contributed by atoms with Gasteiger partial charge in [0, 0.05) is 12.6 Å². The number of furan rings is 1. The summed E-state index contributed by atoms with van der Waals surface area (Å²) < 4.78 is 10.4. The fourth-order valence-electron chi connectivity index (χ4n) is 1.54. The van der Waals surface area contributed by atoms with Crippen molar-refractivity contribution in [2.75, 3.05) is 6.54 Å². The van der Waals surface area contributed by atoms with E-state index in [1.165, 1.54) is 0 Å². The van der Waals surface area contributed by atoms with E-state index in [1.807, 2.05) is 32.9 Å². The second-order valence-corrected chi connectivity index (χ2v) is 5.45. The molecule has 0 saturated carbocycles. The fraction of sp³-hybridized carbons (Fsp3) is 0.643. The Morgan fingerprint density at radius 1 is 1.47 bits per heavy atom. The second-order valence-electron chi connectivity index (χ2n) is 5.45. The van der Waals surface area contributed by atoms with Gasteiger partial charge in [-0.15, -0.1) is 0 Å². The van der Waals surface area contributed by atoms with Crippen LogP contribution >= 0.6 is 0 Å². The van der Waals surface area contributed by atoms with Crippen LogP contribution in [0, 0.1) is 0 Å². The Morgan fingerprint density at radius 2 is 2.21 bits per heavy atom. The lowest BCUT2D eigenvalue weighted by atomic mass is 10.2. The number of carbonyl (C=O) groups excluding carboxylic acids is 1. The normalized spacial score (nSPS) is 13.1. The van der Waals surface area contributed by atoms with Crippen molar-refractivity contribution in [1.29, 1.82) is 0 Å². The predicted octanol–water partition coefficient (Wildman–Crippen LogP) is 2.67. The van der Waals surface area contributed by atoms with Crippen molar-refractivity contribution in [2.45, 2.75) is 52.3 Å². The predicted molar refractivity (Wildman–Crippen MR) is 73.9 cm³/mol. The van der Waals surface area contributed by atoms with Gasteiger partial charge in [0.25, 0.3) is 0 Å². The van der Waals surface area contributed by atoms with E-state index < -0.39 is 5.60 Å². The van der Waals surface area contributed by atoms with E-state index in [1.54, 1.807) is 6.26 Å². The maximum Gasteiger partial charge on any atom is 0.407 e. The molecule has 0 fully saturated rings. The Balaban J connectivity index is 2.26. The van der Waals surface area contributed by atoms with Crippen LogP contribution in [-0.4, -0.2) is 24.3 Å². The van der Waals surface area contributed by atoms with Gasteiger partial charge in [0.05, 0.1) is 12.8 Å². The van der Waals surface area contributed by atoms with Crippen LogP contribution in [-0.2, 0) is 11.3 Å². The van der Waals surface area contributed by atoms with Gasteiger partial charge >= 0.3 is 6.09 Å². The summed E-state index contributed by atoms with van der Waals surface area (Å²) >= 11 is 0. The summed E-state index contributed by atoms with van der Waals surface area (Å²) in [5.41, 5.74) is -0.465. The zero-order valence-electron chi connectivity index (χ0n) is 12.2. The Kier molecular flexibility index (Phi) is 5.89. The summed E-state index contributed by atoms with van der Waals surface area (Å²) in [6, 6.07) is 3.97. The first-order valence-corrected chi connectivity index (χ1v) is 6.63. The van der Waals surface area contributed by atoms with E-state index in [0.29, 0.717) is 13.1 Å². The summed E-state index contributed by atoms with van der Waals surface area (Å²) in [4.78, 5) is 11.5. The SMILES string of the molecule is CCC(CNC(=O)OC(C)(C)C)NCc1ccco1. The van der Waals surface area contributed by atoms with Crippen LogP contribution in [0.15, 0.2) is 22.8 Å². The van der Waals surface area contributed by atoms with Crippen molar-refractivity contribution in [3.8, 4) is 0 Å². The van der Waals surface area contributed by atoms with Crippen LogP contribution in [0.1, 0.15) is 39.9 Å². The van der Waals surface area contributed by atoms with Crippen molar-refractivity contribution >= 4 is 6.09 Å². The minimum atomic E-state index is -0.465. The quantitative estimate of drug-likeness (QED) is 0.832. The molecule has 1 atom stereocenters. The highest BCUT2D eigenvalue weighted by molar-refractivity contribution is 5.67. The molecule has 19 heavy (non-hydrogen) atoms. The van der Waals surface area contributed by atoms with Crippen molar-refractivity contribution in [1.82, 2.24) is 10.6 Å². The zero-order valence-corrected chi connectivity index (χ0v) is 12.2. The van der Waals surface area contributed by atoms with E-state index in [2.05, 4.69) is 17.6 Å². The third kappa shape index (κ3) is 6.86. The molecular weight excluding hydrogens is 244 g/mol. The summed E-state index contributed by atoms with van der Waals surface area (Å²) in [6.07, 6.45) is 2.18. The van der Waals surface area contributed by atoms with Crippen LogP contribution in [0.4, 0.5) is 4.79 Å². The third-order valence-corrected chi connectivity index (χ3v) is 2.53. The number of alkyl carbamates (subject to hydrolysis) is 1. The molecule has 1 aromatic heterocycles. The molecule has 0 saturated heterocycles. The Morgan fingerprint density at radius 3 is 2.74 bits per heavy atom. The van der Waals surface area contributed by atoms with E-state index in [0.717, 1.165) is 12.2 Å². The van der Waals surface area contributed by atoms with Crippen molar-refractivity contribution in [3.63, 3.8) is 0 Å². The first-order valence-electron chi connectivity index (χ1n) is 6.63. The lowest BCUT2D eigenvalue weighted by Crippen LogP contribution is -2.42. The molecular formula is C14H24N2O3. The first-order chi connectivity index (χ1) is 8.90. The maximum atomic E-state index is 11.5. The molecule has 1 heterocycles. The molecule has 0 bridgehead atoms. The second kappa shape index (κ2) is 7.19. The van der Waals surface area contributed by atoms with Gasteiger partial charge in [-0.05, 0) is 39.3 Å². The zero-order chi connectivity index (χ0) is 14.3. The summed E-state index contributed by atoms with van der Waals surface area (Å²) in [7, 11) is 0. The van der Waals surface area contributed by atoms with Gasteiger partial charge in [-0.3, -0.25) is 0 Å². The van der Waals surface area contributed by atoms with Crippen LogP contribution in [0.25, 0.3) is 0 Å². The molecule has 0 aromatic carbocycles. The minimum absolute atomic E-state index is 0.192. The highest BCUT2D eigenvalue weighted by atomic mass is 16.6. The minimum Gasteiger partial charge on any atom is -0.468 e. The van der Waals surface area contributed by atoms with Gasteiger partial charge in [0.1, 0.15) is 11.4 Å². The lowest BCUT2D eigenvalue weighted by molar-refractivity contribution is 0.0522. The molecule has 108 valence electrons. The molecule has 0 aliphatic carbocycles. The van der Waals surface area contributed by atoms with Crippen molar-refractivity contribution in [3.05, 3.63) is 24.2 Å². The molecule has 1 rings (SSSR count). The monoisotopic (exact) mass is 268 g/mol. The number of nitrogens with one attached hydrogen (secondary N) is 2. The van der Waals surface area contributed by atoms with Crippen LogP contribution < -0.4 is 10.6 Å². The highest BCUT2D eigenvalue weighted by Gasteiger charge is 2.16. The molecule has 5 heteroatoms. The van der Waals surface area contributed by atoms with Crippen LogP contribution in [0.3, 0.4) is 0 Å². The van der Waals surface area contributed by atoms with E-state index in [4.69, 9.17) is 9.15 Å². The van der Waals surface area contributed by atoms with E-state index in [-0.39, 0.29) is 12.1 Å². The number of ether oxygens (including phenoxy) is 1. The Bertz CT molecular complexity index is 369. The molecule has 0 aliphatic heterocycles. The van der Waals surface area contributed by atoms with Gasteiger partial charge in [-0.1, -0.05) is 6.92 Å². The molecule has 5 nitrogen and oxygen atoms in total. The standard InChI is InChI=1S/C14H24N2O3/c1-5-11(15-10-12-7-6-8-18-12)9-16-13(17)19-14(2,3)4/h6-8,11,15H,5,9-10H2,1-4H3,(H,16,17). The average molecular weight is 268 g/mol. The van der Waals surface area contributed by atoms with Gasteiger partial charge in [-0.25, -0.2) is 4.79 Å². The van der Waals surface area contributed by atoms with E-state index >= 15 is 0 Å². The van der Waals surface area contributed by atoms with Crippen LogP contribution in [0.5, 0.6) is 0 Å². The third-order valence-electron chi connectivity index (χ3n) is 2.53. The molecule has 2 N–H and O–H groups in total. The summed E-state index contributed by atoms with van der Waals surface area (Å²) in [5.74, 6) is 0.885. The Hall–Kier alpha value is -1.49. The van der Waals surface area contributed by atoms with E-state index in [9.17, 15) is 4.79 Å². The van der Waals surface area contributed by atoms with Crippen molar-refractivity contribution in [2.24, 2.45) is 0 Å². The first kappa shape index (κ1) is 15.6. The van der Waals surface area contributed by atoms with Gasteiger partial charge < -0.3 is 19.8 Å². The van der Waals surface area contributed by atoms with Gasteiger partial charge in [0.15, 0.2) is 0 Å². The number of carbonyl (C=O) groups is 1. The molecule has 1 unspecified atom stereocenters. The topological polar surface area (TPSA) is 63.5 Å². The number of rotatable bonds is 6. The summed E-state index contributed by atoms with van der Waals surface area (Å²) in [6.45, 7) is 8.79. The van der Waals surface area contributed by atoms with Crippen molar-refractivity contribution < 1.29 is 13.9 Å². The fourth-order valence-corrected chi connectivity index (χ4v) is 1.54. The molecule has 0 spiro atoms. The molecule has 1 amide bonds. The molecule has 1 aromatic rings. The largest absolute Gasteiger partial charge is 0.468 e. The summed E-state index contributed by atoms with van der Waals surface area (Å²) in [5, 5.41) is 6.09. The average Bonchev–Trinajstić information content (AvgIpc) is 2.80. The smallest absolute Gasteiger partial charge is 0.407 e. The number of hydrogen-bond acceptors (Lipinski definition) is 4. The number of hydrogen-bond donors (Lipinski definition) is 2. The van der Waals surface area contributed by atoms with Gasteiger partial charge in [-0.2, -0.15) is 0 Å². The highest BCUT2D eigenvalue weighted by Crippen LogP contribution is 2.06. The molecule has 0 radical (unpaired) electrons. The maximum absolute atomic E-state index is 11.5. The van der Waals surface area contributed by atoms with Gasteiger partial charge in [0.2, 0.25) is 0 Å². The van der Waals surface area contributed by atoms with Crippen LogP contribution in [0.2, 0.25) is 0 Å². The number of amides is 1. The Labute approximate surface area is 114 Å².